The standard InChI is InChI=1S/C24H30O5S/c1-2-27-22(26)14-13-21(28-15-18-9-5-3-6-10-18)24-23(20(25)17-30-24)29-16-19-11-7-4-8-12-19/h3-12,20-21,23-25H,2,13-17H2,1H3/t20-,21-,23-,24-/m1/s1. The lowest BCUT2D eigenvalue weighted by Gasteiger charge is -2.29. The monoisotopic (exact) mass is 430 g/mol. The Labute approximate surface area is 182 Å². The normalized spacial score (nSPS) is 22.0. The summed E-state index contributed by atoms with van der Waals surface area (Å²) in [4.78, 5) is 11.9. The molecule has 1 aliphatic rings. The van der Waals surface area contributed by atoms with Gasteiger partial charge in [0, 0.05) is 12.2 Å². The Morgan fingerprint density at radius 2 is 1.70 bits per heavy atom. The van der Waals surface area contributed by atoms with Gasteiger partial charge in [-0.1, -0.05) is 60.7 Å². The molecule has 30 heavy (non-hydrogen) atoms. The Bertz CT molecular complexity index is 755. The first kappa shape index (κ1) is 22.8. The van der Waals surface area contributed by atoms with Crippen molar-refractivity contribution in [1.82, 2.24) is 0 Å². The summed E-state index contributed by atoms with van der Waals surface area (Å²) in [5.74, 6) is 0.366. The van der Waals surface area contributed by atoms with Crippen molar-refractivity contribution in [2.24, 2.45) is 0 Å². The molecule has 6 heteroatoms. The molecule has 0 spiro atoms. The van der Waals surface area contributed by atoms with Gasteiger partial charge in [-0.3, -0.25) is 4.79 Å². The van der Waals surface area contributed by atoms with E-state index in [1.807, 2.05) is 60.7 Å². The summed E-state index contributed by atoms with van der Waals surface area (Å²) in [6.45, 7) is 3.06. The van der Waals surface area contributed by atoms with Gasteiger partial charge in [0.05, 0.1) is 43.4 Å². The van der Waals surface area contributed by atoms with E-state index in [2.05, 4.69) is 0 Å². The number of aliphatic hydroxyl groups is 1. The highest BCUT2D eigenvalue weighted by Gasteiger charge is 2.42. The molecule has 0 aromatic heterocycles. The van der Waals surface area contributed by atoms with E-state index in [0.29, 0.717) is 32.0 Å². The SMILES string of the molecule is CCOC(=O)CC[C@@H](OCc1ccccc1)[C@H]1SC[C@@H](O)[C@H]1OCc1ccccc1. The predicted octanol–water partition coefficient (Wildman–Crippen LogP) is 3.98. The Morgan fingerprint density at radius 1 is 1.07 bits per heavy atom. The fourth-order valence-corrected chi connectivity index (χ4v) is 5.01. The molecule has 5 nitrogen and oxygen atoms in total. The maximum atomic E-state index is 11.9. The molecule has 4 atom stereocenters. The van der Waals surface area contributed by atoms with Crippen molar-refractivity contribution in [3.8, 4) is 0 Å². The molecular weight excluding hydrogens is 400 g/mol. The van der Waals surface area contributed by atoms with Gasteiger partial charge >= 0.3 is 5.97 Å². The van der Waals surface area contributed by atoms with Crippen LogP contribution in [0.3, 0.4) is 0 Å². The van der Waals surface area contributed by atoms with E-state index in [1.165, 1.54) is 0 Å². The molecule has 2 aromatic carbocycles. The largest absolute Gasteiger partial charge is 0.466 e. The molecule has 1 heterocycles. The molecule has 1 aliphatic heterocycles. The van der Waals surface area contributed by atoms with Gasteiger partial charge in [-0.25, -0.2) is 0 Å². The molecule has 1 N–H and O–H groups in total. The van der Waals surface area contributed by atoms with Crippen LogP contribution in [0.5, 0.6) is 0 Å². The van der Waals surface area contributed by atoms with Crippen LogP contribution in [0, 0.1) is 0 Å². The Hall–Kier alpha value is -1.86. The van der Waals surface area contributed by atoms with Crippen molar-refractivity contribution >= 4 is 17.7 Å². The smallest absolute Gasteiger partial charge is 0.305 e. The topological polar surface area (TPSA) is 65.0 Å². The molecule has 0 radical (unpaired) electrons. The van der Waals surface area contributed by atoms with Gasteiger partial charge < -0.3 is 19.3 Å². The van der Waals surface area contributed by atoms with Crippen LogP contribution in [0.25, 0.3) is 0 Å². The summed E-state index contributed by atoms with van der Waals surface area (Å²) in [6, 6.07) is 19.9. The number of rotatable bonds is 11. The molecule has 3 rings (SSSR count). The van der Waals surface area contributed by atoms with Gasteiger partial charge in [-0.05, 0) is 24.5 Å². The van der Waals surface area contributed by atoms with Gasteiger partial charge in [-0.15, -0.1) is 0 Å². The fraction of sp³-hybridized carbons (Fsp3) is 0.458. The molecule has 0 saturated carbocycles. The summed E-state index contributed by atoms with van der Waals surface area (Å²) in [7, 11) is 0. The third kappa shape index (κ3) is 6.84. The van der Waals surface area contributed by atoms with Gasteiger partial charge in [0.25, 0.3) is 0 Å². The summed E-state index contributed by atoms with van der Waals surface area (Å²) in [6.07, 6.45) is -0.322. The first-order chi connectivity index (χ1) is 14.7. The maximum absolute atomic E-state index is 11.9. The van der Waals surface area contributed by atoms with Gasteiger partial charge in [0.2, 0.25) is 0 Å². The van der Waals surface area contributed by atoms with Gasteiger partial charge in [-0.2, -0.15) is 11.8 Å². The number of hydrogen-bond donors (Lipinski definition) is 1. The van der Waals surface area contributed by atoms with Crippen molar-refractivity contribution in [3.05, 3.63) is 71.8 Å². The Kier molecular flexibility index (Phi) is 9.21. The minimum atomic E-state index is -0.561. The lowest BCUT2D eigenvalue weighted by molar-refractivity contribution is -0.144. The summed E-state index contributed by atoms with van der Waals surface area (Å²) in [5.41, 5.74) is 2.14. The highest BCUT2D eigenvalue weighted by molar-refractivity contribution is 8.00. The van der Waals surface area contributed by atoms with Crippen LogP contribution in [0.15, 0.2) is 60.7 Å². The van der Waals surface area contributed by atoms with Gasteiger partial charge in [0.1, 0.15) is 0 Å². The second-order valence-corrected chi connectivity index (χ2v) is 8.52. The maximum Gasteiger partial charge on any atom is 0.305 e. The second-order valence-electron chi connectivity index (χ2n) is 7.31. The first-order valence-corrected chi connectivity index (χ1v) is 11.5. The molecular formula is C24H30O5S. The Balaban J connectivity index is 1.65. The summed E-state index contributed by atoms with van der Waals surface area (Å²) < 4.78 is 17.5. The fourth-order valence-electron chi connectivity index (χ4n) is 3.52. The van der Waals surface area contributed by atoms with Crippen LogP contribution in [0.4, 0.5) is 0 Å². The van der Waals surface area contributed by atoms with Crippen LogP contribution in [0.2, 0.25) is 0 Å². The third-order valence-electron chi connectivity index (χ3n) is 5.06. The molecule has 0 unspecified atom stereocenters. The van der Waals surface area contributed by atoms with Crippen molar-refractivity contribution in [2.45, 2.75) is 56.5 Å². The minimum absolute atomic E-state index is 0.0538. The molecule has 1 saturated heterocycles. The number of thioether (sulfide) groups is 1. The van der Waals surface area contributed by atoms with Crippen LogP contribution < -0.4 is 0 Å². The zero-order valence-corrected chi connectivity index (χ0v) is 18.1. The van der Waals surface area contributed by atoms with Crippen LogP contribution in [-0.2, 0) is 32.2 Å². The van der Waals surface area contributed by atoms with Crippen LogP contribution in [0.1, 0.15) is 30.9 Å². The number of carbonyl (C=O) groups is 1. The van der Waals surface area contributed by atoms with E-state index in [9.17, 15) is 9.90 Å². The molecule has 2 aromatic rings. The number of carbonyl (C=O) groups excluding carboxylic acids is 1. The van der Waals surface area contributed by atoms with Crippen molar-refractivity contribution in [3.63, 3.8) is 0 Å². The van der Waals surface area contributed by atoms with Gasteiger partial charge in [0.15, 0.2) is 0 Å². The summed E-state index contributed by atoms with van der Waals surface area (Å²) in [5, 5.41) is 10.5. The van der Waals surface area contributed by atoms with E-state index in [0.717, 1.165) is 11.1 Å². The highest BCUT2D eigenvalue weighted by atomic mass is 32.2. The second kappa shape index (κ2) is 12.1. The average Bonchev–Trinajstić information content (AvgIpc) is 3.14. The average molecular weight is 431 g/mol. The van der Waals surface area contributed by atoms with E-state index >= 15 is 0 Å². The van der Waals surface area contributed by atoms with Crippen molar-refractivity contribution < 1.29 is 24.1 Å². The predicted molar refractivity (Wildman–Crippen MR) is 118 cm³/mol. The molecule has 1 fully saturated rings. The van der Waals surface area contributed by atoms with E-state index in [1.54, 1.807) is 18.7 Å². The minimum Gasteiger partial charge on any atom is -0.466 e. The molecule has 0 aliphatic carbocycles. The quantitative estimate of drug-likeness (QED) is 0.544. The highest BCUT2D eigenvalue weighted by Crippen LogP contribution is 2.35. The van der Waals surface area contributed by atoms with E-state index < -0.39 is 6.10 Å². The van der Waals surface area contributed by atoms with E-state index in [4.69, 9.17) is 14.2 Å². The van der Waals surface area contributed by atoms with Crippen LogP contribution in [-0.4, -0.2) is 47.0 Å². The number of ether oxygens (including phenoxy) is 3. The zero-order chi connectivity index (χ0) is 21.2. The van der Waals surface area contributed by atoms with E-state index in [-0.39, 0.29) is 29.8 Å². The molecule has 162 valence electrons. The summed E-state index contributed by atoms with van der Waals surface area (Å²) >= 11 is 1.65. The molecule has 0 bridgehead atoms. The lowest BCUT2D eigenvalue weighted by atomic mass is 10.0. The molecule has 0 amide bonds. The van der Waals surface area contributed by atoms with Crippen LogP contribution >= 0.6 is 11.8 Å². The zero-order valence-electron chi connectivity index (χ0n) is 17.3. The van der Waals surface area contributed by atoms with Crippen molar-refractivity contribution in [2.75, 3.05) is 12.4 Å². The number of esters is 1. The number of benzene rings is 2. The number of hydrogen-bond acceptors (Lipinski definition) is 6. The first-order valence-electron chi connectivity index (χ1n) is 10.4. The lowest BCUT2D eigenvalue weighted by Crippen LogP contribution is -2.40. The van der Waals surface area contributed by atoms with Crippen molar-refractivity contribution in [1.29, 1.82) is 0 Å². The number of aliphatic hydroxyl groups excluding tert-OH is 1. The third-order valence-corrected chi connectivity index (χ3v) is 6.55. The Morgan fingerprint density at radius 3 is 2.33 bits per heavy atom.